The van der Waals surface area contributed by atoms with E-state index in [1.165, 1.54) is 13.2 Å². The van der Waals surface area contributed by atoms with Crippen molar-refractivity contribution in [1.82, 2.24) is 0 Å². The number of ether oxygens (including phenoxy) is 1. The highest BCUT2D eigenvalue weighted by Crippen LogP contribution is 2.28. The van der Waals surface area contributed by atoms with Crippen LogP contribution in [0.4, 0.5) is 0 Å². The van der Waals surface area contributed by atoms with Crippen molar-refractivity contribution in [2.45, 2.75) is 40.5 Å². The van der Waals surface area contributed by atoms with Crippen LogP contribution in [0.5, 0.6) is 0 Å². The van der Waals surface area contributed by atoms with E-state index in [1.807, 2.05) is 51.2 Å². The Morgan fingerprint density at radius 2 is 1.91 bits per heavy atom. The fourth-order valence-corrected chi connectivity index (χ4v) is 2.43. The van der Waals surface area contributed by atoms with Crippen LogP contribution in [-0.4, -0.2) is 18.9 Å². The average molecular weight is 314 g/mol. The van der Waals surface area contributed by atoms with Gasteiger partial charge in [-0.25, -0.2) is 4.79 Å². The summed E-state index contributed by atoms with van der Waals surface area (Å²) < 4.78 is 4.57. The summed E-state index contributed by atoms with van der Waals surface area (Å²) in [7, 11) is 1.36. The van der Waals surface area contributed by atoms with Gasteiger partial charge < -0.3 is 4.74 Å². The van der Waals surface area contributed by atoms with Gasteiger partial charge in [-0.05, 0) is 49.8 Å². The number of Topliss-reactive ketones (excluding diaryl/α,β-unsaturated/α-hetero) is 1. The van der Waals surface area contributed by atoms with Gasteiger partial charge in [0.15, 0.2) is 5.78 Å². The number of allylic oxidation sites excluding steroid dienone is 9. The summed E-state index contributed by atoms with van der Waals surface area (Å²) in [5.74, 6) is 0.330. The molecule has 0 radical (unpaired) electrons. The molecule has 1 atom stereocenters. The van der Waals surface area contributed by atoms with Crippen LogP contribution in [0.1, 0.15) is 40.5 Å². The smallest absolute Gasteiger partial charge is 0.330 e. The Bertz CT molecular complexity index is 613. The van der Waals surface area contributed by atoms with Crippen LogP contribution < -0.4 is 0 Å². The van der Waals surface area contributed by atoms with E-state index < -0.39 is 0 Å². The topological polar surface area (TPSA) is 43.4 Å². The van der Waals surface area contributed by atoms with Crippen molar-refractivity contribution in [3.8, 4) is 0 Å². The lowest BCUT2D eigenvalue weighted by Gasteiger charge is -2.21. The summed E-state index contributed by atoms with van der Waals surface area (Å²) in [5, 5.41) is 0. The first-order chi connectivity index (χ1) is 10.8. The van der Waals surface area contributed by atoms with Crippen LogP contribution in [0, 0.1) is 5.92 Å². The molecule has 0 saturated heterocycles. The number of esters is 1. The van der Waals surface area contributed by atoms with E-state index in [1.54, 1.807) is 0 Å². The third kappa shape index (κ3) is 6.23. The summed E-state index contributed by atoms with van der Waals surface area (Å²) in [6.07, 6.45) is 12.8. The van der Waals surface area contributed by atoms with Crippen LogP contribution in [-0.2, 0) is 14.3 Å². The molecular weight excluding hydrogens is 288 g/mol. The molecule has 1 aliphatic rings. The van der Waals surface area contributed by atoms with Gasteiger partial charge in [-0.15, -0.1) is 0 Å². The Balaban J connectivity index is 2.77. The molecule has 0 heterocycles. The van der Waals surface area contributed by atoms with Gasteiger partial charge in [0, 0.05) is 12.5 Å². The fraction of sp³-hybridized carbons (Fsp3) is 0.400. The number of hydrogen-bond acceptors (Lipinski definition) is 3. The van der Waals surface area contributed by atoms with Crippen LogP contribution in [0.25, 0.3) is 0 Å². The number of hydrogen-bond donors (Lipinski definition) is 0. The summed E-state index contributed by atoms with van der Waals surface area (Å²) in [5.41, 5.74) is 3.94. The number of ketones is 1. The minimum absolute atomic E-state index is 0.257. The number of methoxy groups -OCH3 is 1. The fourth-order valence-electron chi connectivity index (χ4n) is 2.43. The van der Waals surface area contributed by atoms with E-state index in [0.29, 0.717) is 12.3 Å². The summed E-state index contributed by atoms with van der Waals surface area (Å²) in [6, 6.07) is 0. The molecule has 0 amide bonds. The molecule has 0 bridgehead atoms. The highest BCUT2D eigenvalue weighted by molar-refractivity contribution is 5.97. The van der Waals surface area contributed by atoms with Gasteiger partial charge in [0.05, 0.1) is 7.11 Å². The quantitative estimate of drug-likeness (QED) is 0.427. The molecule has 3 nitrogen and oxygen atoms in total. The highest BCUT2D eigenvalue weighted by atomic mass is 16.5. The van der Waals surface area contributed by atoms with Crippen molar-refractivity contribution in [2.24, 2.45) is 5.92 Å². The van der Waals surface area contributed by atoms with Gasteiger partial charge in [0.2, 0.25) is 0 Å². The second-order valence-corrected chi connectivity index (χ2v) is 5.96. The maximum Gasteiger partial charge on any atom is 0.330 e. The van der Waals surface area contributed by atoms with E-state index >= 15 is 0 Å². The van der Waals surface area contributed by atoms with Crippen molar-refractivity contribution < 1.29 is 14.3 Å². The van der Waals surface area contributed by atoms with Crippen LogP contribution in [0.3, 0.4) is 0 Å². The van der Waals surface area contributed by atoms with Crippen molar-refractivity contribution in [3.63, 3.8) is 0 Å². The minimum atomic E-state index is -0.355. The van der Waals surface area contributed by atoms with E-state index in [-0.39, 0.29) is 11.8 Å². The first kappa shape index (κ1) is 18.9. The third-order valence-electron chi connectivity index (χ3n) is 3.98. The normalized spacial score (nSPS) is 20.7. The van der Waals surface area contributed by atoms with Crippen molar-refractivity contribution in [2.75, 3.05) is 7.11 Å². The molecule has 3 heteroatoms. The summed E-state index contributed by atoms with van der Waals surface area (Å²) in [4.78, 5) is 22.9. The third-order valence-corrected chi connectivity index (χ3v) is 3.98. The van der Waals surface area contributed by atoms with Crippen LogP contribution in [0.15, 0.2) is 58.7 Å². The van der Waals surface area contributed by atoms with Crippen molar-refractivity contribution in [3.05, 3.63) is 58.7 Å². The molecule has 1 unspecified atom stereocenters. The second-order valence-electron chi connectivity index (χ2n) is 5.96. The lowest BCUT2D eigenvalue weighted by molar-refractivity contribution is -0.134. The van der Waals surface area contributed by atoms with Crippen molar-refractivity contribution >= 4 is 11.8 Å². The van der Waals surface area contributed by atoms with Gasteiger partial charge in [0.25, 0.3) is 0 Å². The highest BCUT2D eigenvalue weighted by Gasteiger charge is 2.20. The zero-order valence-electron chi connectivity index (χ0n) is 14.7. The van der Waals surface area contributed by atoms with E-state index in [4.69, 9.17) is 0 Å². The zero-order chi connectivity index (χ0) is 17.4. The average Bonchev–Trinajstić information content (AvgIpc) is 2.50. The Labute approximate surface area is 139 Å². The monoisotopic (exact) mass is 314 g/mol. The molecule has 1 rings (SSSR count). The SMILES string of the molecule is COC(=O)\C=C(C)/C=C/C=C(C)/C=C/C1=C(C)C(=O)CCC1C. The lowest BCUT2D eigenvalue weighted by Crippen LogP contribution is -2.15. The predicted molar refractivity (Wildman–Crippen MR) is 93.9 cm³/mol. The molecule has 124 valence electrons. The number of carbonyl (C=O) groups excluding carboxylic acids is 2. The minimum Gasteiger partial charge on any atom is -0.466 e. The standard InChI is InChI=1S/C20H26O3/c1-14(7-6-8-15(2)13-20(22)23-5)9-11-18-16(3)10-12-19(21)17(18)4/h6-9,11,13,16H,10,12H2,1-5H3/b8-6+,11-9+,14-7+,15-13-. The molecule has 0 aromatic carbocycles. The van der Waals surface area contributed by atoms with Gasteiger partial charge in [-0.1, -0.05) is 42.9 Å². The Morgan fingerprint density at radius 3 is 2.57 bits per heavy atom. The zero-order valence-corrected chi connectivity index (χ0v) is 14.7. The predicted octanol–water partition coefficient (Wildman–Crippen LogP) is 4.48. The van der Waals surface area contributed by atoms with E-state index in [0.717, 1.165) is 28.7 Å². The first-order valence-corrected chi connectivity index (χ1v) is 7.88. The van der Waals surface area contributed by atoms with Gasteiger partial charge in [0.1, 0.15) is 0 Å². The molecule has 1 aliphatic carbocycles. The second kappa shape index (κ2) is 9.09. The van der Waals surface area contributed by atoms with Crippen LogP contribution >= 0.6 is 0 Å². The van der Waals surface area contributed by atoms with E-state index in [9.17, 15) is 9.59 Å². The van der Waals surface area contributed by atoms with Crippen LogP contribution in [0.2, 0.25) is 0 Å². The van der Waals surface area contributed by atoms with Gasteiger partial charge >= 0.3 is 5.97 Å². The molecule has 0 aromatic rings. The molecule has 0 spiro atoms. The lowest BCUT2D eigenvalue weighted by atomic mass is 9.83. The van der Waals surface area contributed by atoms with Gasteiger partial charge in [-0.3, -0.25) is 4.79 Å². The number of rotatable bonds is 5. The molecule has 0 aromatic heterocycles. The molecule has 0 fully saturated rings. The molecule has 0 N–H and O–H groups in total. The van der Waals surface area contributed by atoms with Crippen molar-refractivity contribution in [1.29, 1.82) is 0 Å². The molecular formula is C20H26O3. The summed E-state index contributed by atoms with van der Waals surface area (Å²) in [6.45, 7) is 7.93. The van der Waals surface area contributed by atoms with Gasteiger partial charge in [-0.2, -0.15) is 0 Å². The first-order valence-electron chi connectivity index (χ1n) is 7.88. The molecule has 23 heavy (non-hydrogen) atoms. The largest absolute Gasteiger partial charge is 0.466 e. The Morgan fingerprint density at radius 1 is 1.22 bits per heavy atom. The Kier molecular flexibility index (Phi) is 7.46. The number of carbonyl (C=O) groups is 2. The maximum atomic E-state index is 11.8. The Hall–Kier alpha value is -2.16. The maximum absolute atomic E-state index is 11.8. The molecule has 0 saturated carbocycles. The molecule has 0 aliphatic heterocycles. The van der Waals surface area contributed by atoms with E-state index in [2.05, 4.69) is 11.7 Å². The summed E-state index contributed by atoms with van der Waals surface area (Å²) >= 11 is 0.